The first-order valence-corrected chi connectivity index (χ1v) is 9.44. The van der Waals surface area contributed by atoms with Crippen LogP contribution in [0.4, 0.5) is 0 Å². The molecule has 2 N–H and O–H groups in total. The van der Waals surface area contributed by atoms with Crippen LogP contribution in [0.15, 0.2) is 70.8 Å². The van der Waals surface area contributed by atoms with Crippen molar-refractivity contribution in [3.05, 3.63) is 84.1 Å². The van der Waals surface area contributed by atoms with Gasteiger partial charge in [-0.1, -0.05) is 24.3 Å². The Hall–Kier alpha value is -2.55. The Bertz CT molecular complexity index is 931. The zero-order chi connectivity index (χ0) is 19.8. The monoisotopic (exact) mass is 505 g/mol. The Morgan fingerprint density at radius 3 is 2.72 bits per heavy atom. The topological polar surface area (TPSA) is 67.4 Å². The Balaban J connectivity index is 0.00000300. The standard InChI is InChI=1S/C22H27N5O.HI/c1-4-12-23-22(24-13-11-20-9-7-14-28-20)25-16-19-8-5-6-10-21(19)27-18(3)15-17(2)26-27;/h4-10,14-15H,1,11-13,16H2,2-3H3,(H2,23,24,25);1H. The van der Waals surface area contributed by atoms with Crippen LogP contribution in [0.2, 0.25) is 0 Å². The molecule has 0 saturated heterocycles. The van der Waals surface area contributed by atoms with E-state index in [1.807, 2.05) is 41.9 Å². The summed E-state index contributed by atoms with van der Waals surface area (Å²) in [5.41, 5.74) is 4.27. The van der Waals surface area contributed by atoms with Crippen molar-refractivity contribution < 1.29 is 4.42 Å². The molecule has 0 unspecified atom stereocenters. The number of hydrogen-bond donors (Lipinski definition) is 2. The minimum absolute atomic E-state index is 0. The van der Waals surface area contributed by atoms with Crippen molar-refractivity contribution in [1.82, 2.24) is 20.4 Å². The van der Waals surface area contributed by atoms with E-state index in [9.17, 15) is 0 Å². The Labute approximate surface area is 189 Å². The number of rotatable bonds is 8. The largest absolute Gasteiger partial charge is 0.469 e. The highest BCUT2D eigenvalue weighted by Crippen LogP contribution is 2.17. The maximum Gasteiger partial charge on any atom is 0.191 e. The molecule has 3 rings (SSSR count). The third-order valence-electron chi connectivity index (χ3n) is 4.29. The van der Waals surface area contributed by atoms with Gasteiger partial charge in [0.05, 0.1) is 24.2 Å². The molecule has 0 amide bonds. The summed E-state index contributed by atoms with van der Waals surface area (Å²) in [5.74, 6) is 1.69. The van der Waals surface area contributed by atoms with Gasteiger partial charge >= 0.3 is 0 Å². The van der Waals surface area contributed by atoms with Gasteiger partial charge < -0.3 is 15.1 Å². The Morgan fingerprint density at radius 2 is 2.03 bits per heavy atom. The number of nitrogens with one attached hydrogen (secondary N) is 2. The molecule has 3 aromatic rings. The lowest BCUT2D eigenvalue weighted by atomic mass is 10.2. The van der Waals surface area contributed by atoms with Gasteiger partial charge in [-0.25, -0.2) is 9.67 Å². The zero-order valence-corrected chi connectivity index (χ0v) is 19.2. The van der Waals surface area contributed by atoms with E-state index in [2.05, 4.69) is 47.4 Å². The molecular formula is C22H28IN5O. The summed E-state index contributed by atoms with van der Waals surface area (Å²) in [6, 6.07) is 14.2. The highest BCUT2D eigenvalue weighted by molar-refractivity contribution is 14.0. The minimum Gasteiger partial charge on any atom is -0.469 e. The molecule has 0 spiro atoms. The molecule has 0 fully saturated rings. The second-order valence-electron chi connectivity index (χ2n) is 6.56. The number of aromatic nitrogens is 2. The van der Waals surface area contributed by atoms with Crippen LogP contribution < -0.4 is 10.6 Å². The number of benzene rings is 1. The molecule has 1 aromatic carbocycles. The van der Waals surface area contributed by atoms with Crippen molar-refractivity contribution in [2.45, 2.75) is 26.8 Å². The third kappa shape index (κ3) is 6.49. The zero-order valence-electron chi connectivity index (χ0n) is 16.9. The molecule has 0 saturated carbocycles. The summed E-state index contributed by atoms with van der Waals surface area (Å²) in [6.07, 6.45) is 4.30. The van der Waals surface area contributed by atoms with Crippen LogP contribution in [0.3, 0.4) is 0 Å². The van der Waals surface area contributed by atoms with Gasteiger partial charge in [0, 0.05) is 25.2 Å². The molecule has 29 heavy (non-hydrogen) atoms. The fraction of sp³-hybridized carbons (Fsp3) is 0.273. The normalized spacial score (nSPS) is 11.0. The van der Waals surface area contributed by atoms with E-state index in [0.29, 0.717) is 13.1 Å². The van der Waals surface area contributed by atoms with Gasteiger partial charge in [0.1, 0.15) is 5.76 Å². The van der Waals surface area contributed by atoms with Crippen LogP contribution >= 0.6 is 24.0 Å². The van der Waals surface area contributed by atoms with Gasteiger partial charge in [0.25, 0.3) is 0 Å². The number of aryl methyl sites for hydroxylation is 2. The number of nitrogens with zero attached hydrogens (tertiary/aromatic N) is 3. The average molecular weight is 505 g/mol. The van der Waals surface area contributed by atoms with E-state index in [0.717, 1.165) is 47.3 Å². The molecule has 7 heteroatoms. The molecule has 0 radical (unpaired) electrons. The van der Waals surface area contributed by atoms with Crippen molar-refractivity contribution in [3.8, 4) is 5.69 Å². The summed E-state index contributed by atoms with van der Waals surface area (Å²) >= 11 is 0. The van der Waals surface area contributed by atoms with E-state index >= 15 is 0 Å². The van der Waals surface area contributed by atoms with Crippen molar-refractivity contribution >= 4 is 29.9 Å². The fourth-order valence-electron chi connectivity index (χ4n) is 2.99. The summed E-state index contributed by atoms with van der Waals surface area (Å²) in [7, 11) is 0. The molecule has 0 aliphatic carbocycles. The minimum atomic E-state index is 0. The highest BCUT2D eigenvalue weighted by atomic mass is 127. The number of furan rings is 1. The van der Waals surface area contributed by atoms with Crippen LogP contribution in [0.5, 0.6) is 0 Å². The maximum atomic E-state index is 5.38. The summed E-state index contributed by atoms with van der Waals surface area (Å²) in [4.78, 5) is 4.75. The van der Waals surface area contributed by atoms with Crippen LogP contribution in [0.25, 0.3) is 5.69 Å². The van der Waals surface area contributed by atoms with Gasteiger partial charge in [-0.3, -0.25) is 0 Å². The molecule has 2 aromatic heterocycles. The lowest BCUT2D eigenvalue weighted by molar-refractivity contribution is 0.507. The van der Waals surface area contributed by atoms with E-state index in [-0.39, 0.29) is 24.0 Å². The fourth-order valence-corrected chi connectivity index (χ4v) is 2.99. The Kier molecular flexibility index (Phi) is 8.98. The summed E-state index contributed by atoms with van der Waals surface area (Å²) < 4.78 is 7.35. The summed E-state index contributed by atoms with van der Waals surface area (Å²) in [5, 5.41) is 11.2. The van der Waals surface area contributed by atoms with Crippen LogP contribution in [0, 0.1) is 13.8 Å². The van der Waals surface area contributed by atoms with Crippen molar-refractivity contribution in [2.24, 2.45) is 4.99 Å². The Morgan fingerprint density at radius 1 is 1.21 bits per heavy atom. The number of hydrogen-bond acceptors (Lipinski definition) is 3. The summed E-state index contributed by atoms with van der Waals surface area (Å²) in [6.45, 7) is 9.75. The number of guanidine groups is 1. The molecule has 0 aliphatic rings. The molecule has 2 heterocycles. The van der Waals surface area contributed by atoms with E-state index in [1.165, 1.54) is 0 Å². The van der Waals surface area contributed by atoms with Gasteiger partial charge in [0.15, 0.2) is 5.96 Å². The number of para-hydroxylation sites is 1. The quantitative estimate of drug-likeness (QED) is 0.209. The van der Waals surface area contributed by atoms with Gasteiger partial charge in [-0.2, -0.15) is 5.10 Å². The SMILES string of the molecule is C=CCNC(=NCc1ccccc1-n1nc(C)cc1C)NCCc1ccco1.I. The number of aliphatic imine (C=N–C) groups is 1. The lowest BCUT2D eigenvalue weighted by Crippen LogP contribution is -2.38. The molecule has 6 nitrogen and oxygen atoms in total. The van der Waals surface area contributed by atoms with Gasteiger partial charge in [-0.15, -0.1) is 30.6 Å². The molecular weight excluding hydrogens is 477 g/mol. The lowest BCUT2D eigenvalue weighted by Gasteiger charge is -2.13. The second kappa shape index (κ2) is 11.5. The number of halogens is 1. The van der Waals surface area contributed by atoms with E-state index in [1.54, 1.807) is 6.26 Å². The molecule has 0 aliphatic heterocycles. The van der Waals surface area contributed by atoms with Gasteiger partial charge in [-0.05, 0) is 43.7 Å². The first-order valence-electron chi connectivity index (χ1n) is 9.44. The van der Waals surface area contributed by atoms with Crippen molar-refractivity contribution in [1.29, 1.82) is 0 Å². The smallest absolute Gasteiger partial charge is 0.191 e. The maximum absolute atomic E-state index is 5.38. The van der Waals surface area contributed by atoms with E-state index < -0.39 is 0 Å². The first kappa shape index (κ1) is 22.7. The molecule has 154 valence electrons. The molecule has 0 bridgehead atoms. The van der Waals surface area contributed by atoms with Crippen molar-refractivity contribution in [3.63, 3.8) is 0 Å². The average Bonchev–Trinajstić information content (AvgIpc) is 3.33. The van der Waals surface area contributed by atoms with Crippen LogP contribution in [0.1, 0.15) is 22.7 Å². The predicted molar refractivity (Wildman–Crippen MR) is 128 cm³/mol. The first-order chi connectivity index (χ1) is 13.7. The predicted octanol–water partition coefficient (Wildman–Crippen LogP) is 4.16. The molecule has 0 atom stereocenters. The second-order valence-corrected chi connectivity index (χ2v) is 6.56. The van der Waals surface area contributed by atoms with Crippen LogP contribution in [-0.2, 0) is 13.0 Å². The van der Waals surface area contributed by atoms with E-state index in [4.69, 9.17) is 9.41 Å². The van der Waals surface area contributed by atoms with Crippen LogP contribution in [-0.4, -0.2) is 28.8 Å². The highest BCUT2D eigenvalue weighted by Gasteiger charge is 2.09. The third-order valence-corrected chi connectivity index (χ3v) is 4.29. The van der Waals surface area contributed by atoms with Crippen molar-refractivity contribution in [2.75, 3.05) is 13.1 Å². The van der Waals surface area contributed by atoms with Gasteiger partial charge in [0.2, 0.25) is 0 Å².